The number of hydrogen-bond acceptors (Lipinski definition) is 4. The maximum Gasteiger partial charge on any atom is 0.137 e. The van der Waals surface area contributed by atoms with Gasteiger partial charge in [-0.2, -0.15) is 5.26 Å². The first-order valence-electron chi connectivity index (χ1n) is 8.44. The summed E-state index contributed by atoms with van der Waals surface area (Å²) in [4.78, 5) is 9.05. The van der Waals surface area contributed by atoms with Crippen molar-refractivity contribution >= 4 is 57.1 Å². The lowest BCUT2D eigenvalue weighted by molar-refractivity contribution is 1.36. The molecule has 0 saturated heterocycles. The smallest absolute Gasteiger partial charge is 0.137 e. The van der Waals surface area contributed by atoms with E-state index in [0.717, 1.165) is 27.7 Å². The number of thiazole rings is 1. The lowest BCUT2D eigenvalue weighted by atomic mass is 10.1. The van der Waals surface area contributed by atoms with Gasteiger partial charge in [-0.3, -0.25) is 0 Å². The molecule has 2 aromatic carbocycles. The first kappa shape index (κ1) is 18.6. The van der Waals surface area contributed by atoms with Gasteiger partial charge in [0.15, 0.2) is 0 Å². The predicted octanol–water partition coefficient (Wildman–Crippen LogP) is 7.04. The van der Waals surface area contributed by atoms with Gasteiger partial charge < -0.3 is 0 Å². The summed E-state index contributed by atoms with van der Waals surface area (Å²) in [6.07, 6.45) is 1.74. The minimum absolute atomic E-state index is 0.360. The van der Waals surface area contributed by atoms with Crippen LogP contribution < -0.4 is 0 Å². The van der Waals surface area contributed by atoms with Crippen molar-refractivity contribution in [2.45, 2.75) is 6.92 Å². The number of hydrogen-bond donors (Lipinski definition) is 0. The topological polar surface area (TPSA) is 49.6 Å². The molecule has 0 amide bonds. The molecule has 4 rings (SSSR count). The zero-order chi connectivity index (χ0) is 19.7. The largest absolute Gasteiger partial charge is 0.235 e. The van der Waals surface area contributed by atoms with Crippen molar-refractivity contribution in [3.05, 3.63) is 80.2 Å². The zero-order valence-electron chi connectivity index (χ0n) is 14.8. The van der Waals surface area contributed by atoms with Crippen molar-refractivity contribution < 1.29 is 0 Å². The van der Waals surface area contributed by atoms with Gasteiger partial charge in [0.25, 0.3) is 0 Å². The monoisotopic (exact) mass is 421 g/mol. The molecule has 0 spiro atoms. The second kappa shape index (κ2) is 7.73. The molecule has 0 aliphatic heterocycles. The van der Waals surface area contributed by atoms with E-state index in [4.69, 9.17) is 23.2 Å². The van der Waals surface area contributed by atoms with Crippen LogP contribution in [0, 0.1) is 18.3 Å². The van der Waals surface area contributed by atoms with E-state index < -0.39 is 0 Å². The molecular weight excluding hydrogens is 409 g/mol. The minimum atomic E-state index is 0.360. The number of aryl methyl sites for hydroxylation is 1. The van der Waals surface area contributed by atoms with Crippen LogP contribution in [0.15, 0.2) is 53.9 Å². The van der Waals surface area contributed by atoms with Gasteiger partial charge in [0, 0.05) is 26.9 Å². The van der Waals surface area contributed by atoms with Crippen molar-refractivity contribution in [3.63, 3.8) is 0 Å². The summed E-state index contributed by atoms with van der Waals surface area (Å²) in [5.74, 6) is 0. The lowest BCUT2D eigenvalue weighted by Crippen LogP contribution is -1.88. The summed E-state index contributed by atoms with van der Waals surface area (Å²) in [6.45, 7) is 2.03. The molecule has 0 radical (unpaired) electrons. The molecule has 0 saturated carbocycles. The maximum absolute atomic E-state index is 9.67. The quantitative estimate of drug-likeness (QED) is 0.263. The Morgan fingerprint density at radius 1 is 1.07 bits per heavy atom. The second-order valence-electron chi connectivity index (χ2n) is 6.28. The van der Waals surface area contributed by atoms with E-state index in [2.05, 4.69) is 16.0 Å². The van der Waals surface area contributed by atoms with Gasteiger partial charge in [-0.25, -0.2) is 9.97 Å². The van der Waals surface area contributed by atoms with E-state index in [1.807, 2.05) is 60.8 Å². The molecule has 0 fully saturated rings. The number of nitriles is 1. The number of rotatable bonds is 3. The molecule has 28 heavy (non-hydrogen) atoms. The van der Waals surface area contributed by atoms with Crippen molar-refractivity contribution in [1.29, 1.82) is 5.26 Å². The molecule has 0 N–H and O–H groups in total. The average molecular weight is 422 g/mol. The molecular formula is C22H13Cl2N3S. The van der Waals surface area contributed by atoms with Crippen LogP contribution in [0.1, 0.15) is 16.1 Å². The Morgan fingerprint density at radius 3 is 2.61 bits per heavy atom. The Bertz CT molecular complexity index is 1250. The summed E-state index contributed by atoms with van der Waals surface area (Å²) in [6, 6.07) is 17.6. The third-order valence-corrected chi connectivity index (χ3v) is 5.68. The third kappa shape index (κ3) is 3.79. The first-order chi connectivity index (χ1) is 13.5. The number of benzene rings is 2. The van der Waals surface area contributed by atoms with Crippen molar-refractivity contribution in [1.82, 2.24) is 9.97 Å². The van der Waals surface area contributed by atoms with Gasteiger partial charge in [-0.15, -0.1) is 11.3 Å². The van der Waals surface area contributed by atoms with Crippen molar-refractivity contribution in [2.24, 2.45) is 0 Å². The average Bonchev–Trinajstić information content (AvgIpc) is 3.17. The van der Waals surface area contributed by atoms with Gasteiger partial charge in [-0.05, 0) is 43.3 Å². The molecule has 0 bridgehead atoms. The third-order valence-electron chi connectivity index (χ3n) is 4.25. The first-order valence-corrected chi connectivity index (χ1v) is 10.1. The molecule has 6 heteroatoms. The number of nitrogens with zero attached hydrogens (tertiary/aromatic N) is 3. The highest BCUT2D eigenvalue weighted by molar-refractivity contribution is 7.11. The predicted molar refractivity (Wildman–Crippen MR) is 118 cm³/mol. The number of halogens is 2. The van der Waals surface area contributed by atoms with Crippen LogP contribution in [0.3, 0.4) is 0 Å². The molecule has 2 aromatic heterocycles. The zero-order valence-corrected chi connectivity index (χ0v) is 17.1. The van der Waals surface area contributed by atoms with Crippen molar-refractivity contribution in [2.75, 3.05) is 0 Å². The standard InChI is InChI=1S/C22H13Cl2N3S/c1-13-2-7-19-15(8-13)9-16(21(24)26-19)10-17(11-25)22-27-20(12-28-22)14-3-5-18(23)6-4-14/h2-10,12H,1H3/b17-10+. The molecule has 3 nitrogen and oxygen atoms in total. The van der Waals surface area contributed by atoms with E-state index in [1.165, 1.54) is 11.3 Å². The van der Waals surface area contributed by atoms with Crippen LogP contribution in [0.2, 0.25) is 10.2 Å². The molecule has 136 valence electrons. The number of allylic oxidation sites excluding steroid dienone is 1. The SMILES string of the molecule is Cc1ccc2nc(Cl)c(/C=C(\C#N)c3nc(-c4ccc(Cl)cc4)cs3)cc2c1. The minimum Gasteiger partial charge on any atom is -0.235 e. The number of pyridine rings is 1. The highest BCUT2D eigenvalue weighted by Crippen LogP contribution is 2.30. The van der Waals surface area contributed by atoms with Gasteiger partial charge in [-0.1, -0.05) is 47.0 Å². The summed E-state index contributed by atoms with van der Waals surface area (Å²) in [7, 11) is 0. The lowest BCUT2D eigenvalue weighted by Gasteiger charge is -2.04. The molecule has 0 unspecified atom stereocenters. The van der Waals surface area contributed by atoms with Crippen LogP contribution >= 0.6 is 34.5 Å². The van der Waals surface area contributed by atoms with Gasteiger partial charge >= 0.3 is 0 Å². The highest BCUT2D eigenvalue weighted by atomic mass is 35.5. The van der Waals surface area contributed by atoms with E-state index >= 15 is 0 Å². The Labute approximate surface area is 176 Å². The summed E-state index contributed by atoms with van der Waals surface area (Å²) in [5.41, 5.74) is 4.85. The van der Waals surface area contributed by atoms with E-state index in [9.17, 15) is 5.26 Å². The molecule has 0 aliphatic rings. The fourth-order valence-electron chi connectivity index (χ4n) is 2.84. The highest BCUT2D eigenvalue weighted by Gasteiger charge is 2.11. The van der Waals surface area contributed by atoms with Crippen LogP contribution in [-0.4, -0.2) is 9.97 Å². The van der Waals surface area contributed by atoms with Gasteiger partial charge in [0.05, 0.1) is 16.8 Å². The maximum atomic E-state index is 9.67. The second-order valence-corrected chi connectivity index (χ2v) is 7.93. The number of aromatic nitrogens is 2. The molecule has 2 heterocycles. The fraction of sp³-hybridized carbons (Fsp3) is 0.0455. The number of fused-ring (bicyclic) bond motifs is 1. The Morgan fingerprint density at radius 2 is 1.86 bits per heavy atom. The molecule has 4 aromatic rings. The molecule has 0 aliphatic carbocycles. The fourth-order valence-corrected chi connectivity index (χ4v) is 3.96. The van der Waals surface area contributed by atoms with Crippen LogP contribution in [0.4, 0.5) is 0 Å². The van der Waals surface area contributed by atoms with Crippen LogP contribution in [-0.2, 0) is 0 Å². The van der Waals surface area contributed by atoms with Gasteiger partial charge in [0.1, 0.15) is 16.2 Å². The molecule has 0 atom stereocenters. The van der Waals surface area contributed by atoms with Crippen LogP contribution in [0.25, 0.3) is 33.8 Å². The van der Waals surface area contributed by atoms with Gasteiger partial charge in [0.2, 0.25) is 0 Å². The van der Waals surface area contributed by atoms with E-state index in [0.29, 0.717) is 26.3 Å². The normalized spacial score (nSPS) is 11.6. The van der Waals surface area contributed by atoms with Crippen LogP contribution in [0.5, 0.6) is 0 Å². The Hall–Kier alpha value is -2.71. The summed E-state index contributed by atoms with van der Waals surface area (Å²) < 4.78 is 0. The van der Waals surface area contributed by atoms with Crippen molar-refractivity contribution in [3.8, 4) is 17.3 Å². The van der Waals surface area contributed by atoms with E-state index in [-0.39, 0.29) is 0 Å². The summed E-state index contributed by atoms with van der Waals surface area (Å²) in [5, 5.41) is 14.2. The Balaban J connectivity index is 1.74. The van der Waals surface area contributed by atoms with E-state index in [1.54, 1.807) is 6.08 Å². The Kier molecular flexibility index (Phi) is 5.15. The summed E-state index contributed by atoms with van der Waals surface area (Å²) >= 11 is 13.7.